The number of hydrogen-bond donors (Lipinski definition) is 2. The van der Waals surface area contributed by atoms with Gasteiger partial charge >= 0.3 is 0 Å². The lowest BCUT2D eigenvalue weighted by atomic mass is 10.1. The lowest BCUT2D eigenvalue weighted by molar-refractivity contribution is 0.00532. The third-order valence-corrected chi connectivity index (χ3v) is 5.27. The van der Waals surface area contributed by atoms with Crippen molar-refractivity contribution in [3.8, 4) is 0 Å². The number of guanidine groups is 1. The van der Waals surface area contributed by atoms with Gasteiger partial charge in [0.15, 0.2) is 5.96 Å². The number of piperidine rings is 1. The summed E-state index contributed by atoms with van der Waals surface area (Å²) in [6.07, 6.45) is 3.61. The molecule has 6 heteroatoms. The zero-order valence-electron chi connectivity index (χ0n) is 18.7. The zero-order valence-corrected chi connectivity index (χ0v) is 18.7. The second-order valence-corrected chi connectivity index (χ2v) is 8.27. The van der Waals surface area contributed by atoms with Gasteiger partial charge in [-0.25, -0.2) is 0 Å². The molecule has 164 valence electrons. The van der Waals surface area contributed by atoms with E-state index in [1.807, 2.05) is 13.8 Å². The summed E-state index contributed by atoms with van der Waals surface area (Å²) in [5.41, 5.74) is 1.14. The fourth-order valence-corrected chi connectivity index (χ4v) is 3.28. The summed E-state index contributed by atoms with van der Waals surface area (Å²) in [7, 11) is 1.72. The van der Waals surface area contributed by atoms with Gasteiger partial charge in [-0.1, -0.05) is 30.3 Å². The summed E-state index contributed by atoms with van der Waals surface area (Å²) in [6.45, 7) is 12.5. The van der Waals surface area contributed by atoms with E-state index in [4.69, 9.17) is 9.47 Å². The van der Waals surface area contributed by atoms with Crippen LogP contribution < -0.4 is 10.6 Å². The Morgan fingerprint density at radius 3 is 2.55 bits per heavy atom. The van der Waals surface area contributed by atoms with Crippen LogP contribution in [-0.4, -0.2) is 69.0 Å². The van der Waals surface area contributed by atoms with Crippen molar-refractivity contribution in [1.29, 1.82) is 0 Å². The second-order valence-electron chi connectivity index (χ2n) is 8.27. The summed E-state index contributed by atoms with van der Waals surface area (Å²) < 4.78 is 11.5. The predicted octanol–water partition coefficient (Wildman–Crippen LogP) is 3.04. The first-order chi connectivity index (χ1) is 14.0. The maximum absolute atomic E-state index is 6.11. The highest BCUT2D eigenvalue weighted by Gasteiger charge is 2.19. The summed E-state index contributed by atoms with van der Waals surface area (Å²) in [6, 6.07) is 10.7. The second kappa shape index (κ2) is 12.8. The van der Waals surface area contributed by atoms with Crippen molar-refractivity contribution in [3.63, 3.8) is 0 Å². The molecule has 6 nitrogen and oxygen atoms in total. The molecule has 0 spiro atoms. The van der Waals surface area contributed by atoms with Crippen molar-refractivity contribution in [2.75, 3.05) is 46.4 Å². The van der Waals surface area contributed by atoms with E-state index < -0.39 is 0 Å². The van der Waals surface area contributed by atoms with E-state index in [-0.39, 0.29) is 5.60 Å². The first-order valence-corrected chi connectivity index (χ1v) is 11.0. The summed E-state index contributed by atoms with van der Waals surface area (Å²) in [5, 5.41) is 6.67. The molecule has 0 radical (unpaired) electrons. The molecule has 1 aliphatic rings. The maximum atomic E-state index is 6.11. The van der Waals surface area contributed by atoms with Crippen molar-refractivity contribution in [1.82, 2.24) is 15.5 Å². The van der Waals surface area contributed by atoms with E-state index in [0.29, 0.717) is 12.6 Å². The molecular formula is C23H40N4O2. The van der Waals surface area contributed by atoms with Gasteiger partial charge in [0.2, 0.25) is 0 Å². The van der Waals surface area contributed by atoms with Crippen molar-refractivity contribution < 1.29 is 9.47 Å². The van der Waals surface area contributed by atoms with Crippen LogP contribution in [0.25, 0.3) is 0 Å². The molecule has 0 aromatic heterocycles. The third-order valence-electron chi connectivity index (χ3n) is 5.27. The molecule has 0 amide bonds. The van der Waals surface area contributed by atoms with Gasteiger partial charge in [0, 0.05) is 46.4 Å². The Kier molecular flexibility index (Phi) is 10.5. The Balaban J connectivity index is 1.58. The van der Waals surface area contributed by atoms with E-state index in [2.05, 4.69) is 57.8 Å². The number of hydrogen-bond acceptors (Lipinski definition) is 4. The van der Waals surface area contributed by atoms with Gasteiger partial charge in [-0.15, -0.1) is 0 Å². The molecule has 29 heavy (non-hydrogen) atoms. The van der Waals surface area contributed by atoms with Gasteiger partial charge in [-0.3, -0.25) is 9.89 Å². The lowest BCUT2D eigenvalue weighted by Gasteiger charge is -2.32. The molecule has 1 saturated heterocycles. The van der Waals surface area contributed by atoms with Crippen LogP contribution in [0.15, 0.2) is 35.3 Å². The number of nitrogens with zero attached hydrogens (tertiary/aromatic N) is 2. The van der Waals surface area contributed by atoms with E-state index in [9.17, 15) is 0 Å². The van der Waals surface area contributed by atoms with Gasteiger partial charge in [0.25, 0.3) is 0 Å². The van der Waals surface area contributed by atoms with Crippen molar-refractivity contribution in [3.05, 3.63) is 35.9 Å². The minimum atomic E-state index is -0.249. The van der Waals surface area contributed by atoms with Crippen molar-refractivity contribution in [2.45, 2.75) is 58.3 Å². The van der Waals surface area contributed by atoms with E-state index in [1.165, 1.54) is 5.56 Å². The third kappa shape index (κ3) is 9.61. The van der Waals surface area contributed by atoms with Crippen LogP contribution in [0.5, 0.6) is 0 Å². The Morgan fingerprint density at radius 1 is 1.17 bits per heavy atom. The highest BCUT2D eigenvalue weighted by atomic mass is 16.5. The van der Waals surface area contributed by atoms with E-state index in [0.717, 1.165) is 64.6 Å². The molecule has 1 aromatic carbocycles. The van der Waals surface area contributed by atoms with Crippen molar-refractivity contribution in [2.24, 2.45) is 4.99 Å². The van der Waals surface area contributed by atoms with Crippen LogP contribution >= 0.6 is 0 Å². The summed E-state index contributed by atoms with van der Waals surface area (Å²) in [4.78, 5) is 7.13. The topological polar surface area (TPSA) is 58.1 Å². The Hall–Kier alpha value is -1.63. The number of likely N-dealkylation sites (tertiary alicyclic amines) is 1. The molecule has 0 bridgehead atoms. The molecule has 0 atom stereocenters. The number of aliphatic imine (C=N–C) groups is 1. The molecule has 0 aliphatic carbocycles. The zero-order chi connectivity index (χ0) is 21.0. The smallest absolute Gasteiger partial charge is 0.191 e. The molecule has 1 heterocycles. The fraction of sp³-hybridized carbons (Fsp3) is 0.696. The number of nitrogens with one attached hydrogen (secondary N) is 2. The average Bonchev–Trinajstić information content (AvgIpc) is 2.73. The minimum absolute atomic E-state index is 0.249. The predicted molar refractivity (Wildman–Crippen MR) is 120 cm³/mol. The van der Waals surface area contributed by atoms with Crippen molar-refractivity contribution >= 4 is 5.96 Å². The number of rotatable bonds is 11. The van der Waals surface area contributed by atoms with Crippen LogP contribution in [0.1, 0.15) is 45.6 Å². The van der Waals surface area contributed by atoms with Crippen LogP contribution in [0, 0.1) is 0 Å². The van der Waals surface area contributed by atoms with E-state index in [1.54, 1.807) is 7.11 Å². The highest BCUT2D eigenvalue weighted by molar-refractivity contribution is 5.79. The van der Waals surface area contributed by atoms with Crippen LogP contribution in [-0.2, 0) is 16.0 Å². The Morgan fingerprint density at radius 2 is 1.90 bits per heavy atom. The first kappa shape index (κ1) is 23.6. The summed E-state index contributed by atoms with van der Waals surface area (Å²) >= 11 is 0. The average molecular weight is 405 g/mol. The van der Waals surface area contributed by atoms with Gasteiger partial charge in [-0.05, 0) is 45.6 Å². The molecule has 1 aliphatic heterocycles. The SMILES string of the molecule is CCNC(=NCC(C)(C)OC)NCCCOC1CCN(Cc2ccccc2)CC1. The van der Waals surface area contributed by atoms with E-state index >= 15 is 0 Å². The quantitative estimate of drug-likeness (QED) is 0.337. The fourth-order valence-electron chi connectivity index (χ4n) is 3.28. The van der Waals surface area contributed by atoms with Gasteiger partial charge in [0.05, 0.1) is 18.2 Å². The first-order valence-electron chi connectivity index (χ1n) is 11.0. The number of methoxy groups -OCH3 is 1. The van der Waals surface area contributed by atoms with Gasteiger partial charge in [0.1, 0.15) is 0 Å². The standard InChI is InChI=1S/C23H40N4O2/c1-5-24-22(26-19-23(2,3)28-4)25-14-9-17-29-21-12-15-27(16-13-21)18-20-10-7-6-8-11-20/h6-8,10-11,21H,5,9,12-19H2,1-4H3,(H2,24,25,26). The monoisotopic (exact) mass is 404 g/mol. The van der Waals surface area contributed by atoms with Crippen LogP contribution in [0.4, 0.5) is 0 Å². The highest BCUT2D eigenvalue weighted by Crippen LogP contribution is 2.16. The molecule has 0 saturated carbocycles. The molecule has 1 aromatic rings. The maximum Gasteiger partial charge on any atom is 0.191 e. The van der Waals surface area contributed by atoms with Crippen LogP contribution in [0.3, 0.4) is 0 Å². The number of benzene rings is 1. The normalized spacial score (nSPS) is 16.8. The lowest BCUT2D eigenvalue weighted by Crippen LogP contribution is -2.40. The van der Waals surface area contributed by atoms with Gasteiger partial charge < -0.3 is 20.1 Å². The van der Waals surface area contributed by atoms with Gasteiger partial charge in [-0.2, -0.15) is 0 Å². The molecule has 2 N–H and O–H groups in total. The molecule has 2 rings (SSSR count). The molecular weight excluding hydrogens is 364 g/mol. The largest absolute Gasteiger partial charge is 0.378 e. The number of ether oxygens (including phenoxy) is 2. The Labute approximate surface area is 177 Å². The van der Waals surface area contributed by atoms with Crippen LogP contribution in [0.2, 0.25) is 0 Å². The molecule has 0 unspecified atom stereocenters. The minimum Gasteiger partial charge on any atom is -0.378 e. The Bertz CT molecular complexity index is 584. The molecule has 1 fully saturated rings. The summed E-state index contributed by atoms with van der Waals surface area (Å²) in [5.74, 6) is 0.840.